The molecule has 0 saturated carbocycles. The van der Waals surface area contributed by atoms with Gasteiger partial charge in [-0.1, -0.05) is 54.1 Å². The lowest BCUT2D eigenvalue weighted by Gasteiger charge is -2.32. The van der Waals surface area contributed by atoms with E-state index in [-0.39, 0.29) is 11.5 Å². The van der Waals surface area contributed by atoms with Crippen LogP contribution >= 0.6 is 11.6 Å². The average molecular weight is 450 g/mol. The molecule has 0 N–H and O–H groups in total. The number of hydrogen-bond donors (Lipinski definition) is 0. The Labute approximate surface area is 193 Å². The predicted octanol–water partition coefficient (Wildman–Crippen LogP) is 4.83. The minimum atomic E-state index is -0.156. The zero-order chi connectivity index (χ0) is 22.3. The molecule has 0 atom stereocenters. The van der Waals surface area contributed by atoms with E-state index in [1.54, 1.807) is 18.2 Å². The van der Waals surface area contributed by atoms with E-state index in [4.69, 9.17) is 11.6 Å². The number of likely N-dealkylation sites (tertiary alicyclic amines) is 1. The van der Waals surface area contributed by atoms with Crippen LogP contribution in [0.4, 0.5) is 0 Å². The number of aryl methyl sites for hydroxylation is 1. The van der Waals surface area contributed by atoms with Gasteiger partial charge in [0.15, 0.2) is 0 Å². The maximum absolute atomic E-state index is 12.7. The molecule has 0 aliphatic carbocycles. The predicted molar refractivity (Wildman–Crippen MR) is 128 cm³/mol. The summed E-state index contributed by atoms with van der Waals surface area (Å²) in [5.41, 5.74) is 2.83. The molecule has 0 bridgehead atoms. The lowest BCUT2D eigenvalue weighted by molar-refractivity contribution is -0.132. The minimum Gasteiger partial charge on any atom is -0.343 e. The fraction of sp³-hybridized carbons (Fsp3) is 0.346. The Balaban J connectivity index is 1.26. The van der Waals surface area contributed by atoms with Gasteiger partial charge >= 0.3 is 0 Å². The number of carbonyl (C=O) groups excluding carboxylic acids is 1. The summed E-state index contributed by atoms with van der Waals surface area (Å²) >= 11 is 5.95. The molecule has 1 aliphatic heterocycles. The van der Waals surface area contributed by atoms with Crippen LogP contribution in [0.25, 0.3) is 11.3 Å². The Kier molecular flexibility index (Phi) is 7.38. The number of halogens is 1. The molecule has 4 rings (SSSR count). The summed E-state index contributed by atoms with van der Waals surface area (Å²) in [6.45, 7) is 2.07. The van der Waals surface area contributed by atoms with Gasteiger partial charge in [-0.2, -0.15) is 5.10 Å². The maximum atomic E-state index is 12.7. The van der Waals surface area contributed by atoms with Crippen molar-refractivity contribution in [2.45, 2.75) is 38.6 Å². The van der Waals surface area contributed by atoms with Crippen LogP contribution in [0.1, 0.15) is 31.2 Å². The highest BCUT2D eigenvalue weighted by Gasteiger charge is 2.22. The van der Waals surface area contributed by atoms with Crippen molar-refractivity contribution in [3.05, 3.63) is 87.7 Å². The van der Waals surface area contributed by atoms with Crippen LogP contribution in [0, 0.1) is 5.92 Å². The highest BCUT2D eigenvalue weighted by molar-refractivity contribution is 6.30. The molecule has 1 aliphatic rings. The van der Waals surface area contributed by atoms with Crippen molar-refractivity contribution in [3.8, 4) is 11.3 Å². The molecule has 166 valence electrons. The summed E-state index contributed by atoms with van der Waals surface area (Å²) in [5, 5.41) is 5.12. The van der Waals surface area contributed by atoms with Crippen LogP contribution in [0.3, 0.4) is 0 Å². The molecule has 1 aromatic heterocycles. The van der Waals surface area contributed by atoms with E-state index in [0.717, 1.165) is 37.9 Å². The fourth-order valence-electron chi connectivity index (χ4n) is 4.26. The summed E-state index contributed by atoms with van der Waals surface area (Å²) in [7, 11) is 0. The van der Waals surface area contributed by atoms with Crippen LogP contribution in [0.5, 0.6) is 0 Å². The summed E-state index contributed by atoms with van der Waals surface area (Å²) in [6, 6.07) is 21.2. The third-order valence-corrected chi connectivity index (χ3v) is 6.35. The van der Waals surface area contributed by atoms with Gasteiger partial charge in [-0.05, 0) is 55.4 Å². The second-order valence-corrected chi connectivity index (χ2v) is 8.84. The van der Waals surface area contributed by atoms with Gasteiger partial charge in [0.1, 0.15) is 0 Å². The molecule has 1 fully saturated rings. The molecule has 2 heterocycles. The first kappa shape index (κ1) is 22.3. The van der Waals surface area contributed by atoms with Gasteiger partial charge in [0, 0.05) is 42.7 Å². The van der Waals surface area contributed by atoms with Crippen LogP contribution in [0.2, 0.25) is 5.02 Å². The molecule has 2 aromatic carbocycles. The molecule has 5 nitrogen and oxygen atoms in total. The van der Waals surface area contributed by atoms with Crippen molar-refractivity contribution in [1.29, 1.82) is 0 Å². The molecule has 6 heteroatoms. The fourth-order valence-corrected chi connectivity index (χ4v) is 4.38. The molecular weight excluding hydrogens is 422 g/mol. The van der Waals surface area contributed by atoms with Crippen molar-refractivity contribution in [3.63, 3.8) is 0 Å². The second-order valence-electron chi connectivity index (χ2n) is 8.40. The Morgan fingerprint density at radius 2 is 1.69 bits per heavy atom. The number of nitrogens with zero attached hydrogens (tertiary/aromatic N) is 3. The standard InChI is InChI=1S/C26H28ClN3O2/c27-23-10-8-22(9-11-23)24-12-13-26(32)30(28-24)16-4-7-25(31)29-17-14-21(15-18-29)19-20-5-2-1-3-6-20/h1-3,5-6,8-13,21H,4,7,14-19H2. The highest BCUT2D eigenvalue weighted by atomic mass is 35.5. The van der Waals surface area contributed by atoms with E-state index in [9.17, 15) is 9.59 Å². The quantitative estimate of drug-likeness (QED) is 0.519. The Morgan fingerprint density at radius 1 is 0.969 bits per heavy atom. The van der Waals surface area contributed by atoms with Gasteiger partial charge in [-0.15, -0.1) is 0 Å². The zero-order valence-corrected chi connectivity index (χ0v) is 18.9. The van der Waals surface area contributed by atoms with Crippen LogP contribution in [0.15, 0.2) is 71.5 Å². The summed E-state index contributed by atoms with van der Waals surface area (Å²) in [6.07, 6.45) is 4.21. The smallest absolute Gasteiger partial charge is 0.266 e. The average Bonchev–Trinajstić information content (AvgIpc) is 2.82. The van der Waals surface area contributed by atoms with E-state index < -0.39 is 0 Å². The summed E-state index contributed by atoms with van der Waals surface area (Å²) in [4.78, 5) is 26.8. The second kappa shape index (κ2) is 10.6. The third-order valence-electron chi connectivity index (χ3n) is 6.10. The van der Waals surface area contributed by atoms with Crippen molar-refractivity contribution < 1.29 is 4.79 Å². The van der Waals surface area contributed by atoms with Crippen LogP contribution < -0.4 is 5.56 Å². The van der Waals surface area contributed by atoms with E-state index in [2.05, 4.69) is 29.4 Å². The lowest BCUT2D eigenvalue weighted by atomic mass is 9.90. The SMILES string of the molecule is O=C(CCCn1nc(-c2ccc(Cl)cc2)ccc1=O)N1CCC(Cc2ccccc2)CC1. The molecular formula is C26H28ClN3O2. The monoisotopic (exact) mass is 449 g/mol. The summed E-state index contributed by atoms with van der Waals surface area (Å²) in [5.74, 6) is 0.810. The van der Waals surface area contributed by atoms with Crippen molar-refractivity contribution in [1.82, 2.24) is 14.7 Å². The topological polar surface area (TPSA) is 55.2 Å². The molecule has 3 aromatic rings. The van der Waals surface area contributed by atoms with Gasteiger partial charge < -0.3 is 4.90 Å². The zero-order valence-electron chi connectivity index (χ0n) is 18.1. The number of aromatic nitrogens is 2. The molecule has 0 spiro atoms. The molecule has 1 amide bonds. The first-order valence-corrected chi connectivity index (χ1v) is 11.6. The van der Waals surface area contributed by atoms with Gasteiger partial charge in [0.2, 0.25) is 5.91 Å². The number of rotatable bonds is 7. The summed E-state index contributed by atoms with van der Waals surface area (Å²) < 4.78 is 1.45. The largest absolute Gasteiger partial charge is 0.343 e. The molecule has 0 radical (unpaired) electrons. The van der Waals surface area contributed by atoms with Crippen molar-refractivity contribution >= 4 is 17.5 Å². The molecule has 32 heavy (non-hydrogen) atoms. The van der Waals surface area contributed by atoms with Crippen LogP contribution in [-0.2, 0) is 17.8 Å². The van der Waals surface area contributed by atoms with Gasteiger partial charge in [-0.25, -0.2) is 4.68 Å². The number of hydrogen-bond acceptors (Lipinski definition) is 3. The Bertz CT molecular complexity index is 1090. The Hall–Kier alpha value is -2.92. The first-order chi connectivity index (χ1) is 15.6. The van der Waals surface area contributed by atoms with E-state index in [0.29, 0.717) is 36.0 Å². The lowest BCUT2D eigenvalue weighted by Crippen LogP contribution is -2.39. The van der Waals surface area contributed by atoms with Gasteiger partial charge in [-0.3, -0.25) is 9.59 Å². The minimum absolute atomic E-state index is 0.156. The maximum Gasteiger partial charge on any atom is 0.266 e. The number of benzene rings is 2. The highest BCUT2D eigenvalue weighted by Crippen LogP contribution is 2.22. The van der Waals surface area contributed by atoms with Crippen molar-refractivity contribution in [2.75, 3.05) is 13.1 Å². The normalized spacial score (nSPS) is 14.5. The first-order valence-electron chi connectivity index (χ1n) is 11.2. The number of amides is 1. The van der Waals surface area contributed by atoms with E-state index in [1.807, 2.05) is 23.1 Å². The van der Waals surface area contributed by atoms with E-state index in [1.165, 1.54) is 16.3 Å². The Morgan fingerprint density at radius 3 is 2.41 bits per heavy atom. The van der Waals surface area contributed by atoms with Crippen molar-refractivity contribution in [2.24, 2.45) is 5.92 Å². The van der Waals surface area contributed by atoms with E-state index >= 15 is 0 Å². The number of piperidine rings is 1. The van der Waals surface area contributed by atoms with Gasteiger partial charge in [0.05, 0.1) is 5.69 Å². The third kappa shape index (κ3) is 5.86. The molecule has 1 saturated heterocycles. The molecule has 0 unspecified atom stereocenters. The van der Waals surface area contributed by atoms with Gasteiger partial charge in [0.25, 0.3) is 5.56 Å². The van der Waals surface area contributed by atoms with Crippen LogP contribution in [-0.4, -0.2) is 33.7 Å². The number of carbonyl (C=O) groups is 1.